The average Bonchev–Trinajstić information content (AvgIpc) is 2.35. The fraction of sp³-hybridized carbons (Fsp3) is 0.500. The molecule has 110 valence electrons. The van der Waals surface area contributed by atoms with Crippen molar-refractivity contribution in [2.45, 2.75) is 38.6 Å². The van der Waals surface area contributed by atoms with Crippen LogP contribution in [0.5, 0.6) is 0 Å². The summed E-state index contributed by atoms with van der Waals surface area (Å²) in [5, 5.41) is 8.64. The third-order valence-corrected chi connectivity index (χ3v) is 4.47. The van der Waals surface area contributed by atoms with Crippen molar-refractivity contribution in [3.63, 3.8) is 0 Å². The van der Waals surface area contributed by atoms with Gasteiger partial charge in [0.25, 0.3) is 0 Å². The van der Waals surface area contributed by atoms with E-state index in [1.165, 1.54) is 18.5 Å². The minimum absolute atomic E-state index is 0.0679. The zero-order valence-corrected chi connectivity index (χ0v) is 13.0. The minimum Gasteiger partial charge on any atom is -0.384 e. The standard InChI is InChI=1S/C14H20N2O3S/c1-11(14(2,3)4)16-20(18,19)13-8-12(6-5-7-17)9-15-10-13/h8-11,16-17H,7H2,1-4H3. The molecule has 0 aromatic carbocycles. The molecule has 1 rings (SSSR count). The van der Waals surface area contributed by atoms with Gasteiger partial charge in [-0.15, -0.1) is 0 Å². The van der Waals surface area contributed by atoms with Gasteiger partial charge in [0.15, 0.2) is 0 Å². The van der Waals surface area contributed by atoms with Crippen LogP contribution in [0.15, 0.2) is 23.4 Å². The summed E-state index contributed by atoms with van der Waals surface area (Å²) in [6, 6.07) is 1.22. The Balaban J connectivity index is 3.04. The van der Waals surface area contributed by atoms with Crippen LogP contribution in [0.2, 0.25) is 0 Å². The Labute approximate surface area is 120 Å². The van der Waals surface area contributed by atoms with Crippen LogP contribution in [0.4, 0.5) is 0 Å². The first kappa shape index (κ1) is 16.6. The third kappa shape index (κ3) is 4.60. The zero-order chi connectivity index (χ0) is 15.4. The Morgan fingerprint density at radius 1 is 1.40 bits per heavy atom. The summed E-state index contributed by atoms with van der Waals surface area (Å²) in [5.41, 5.74) is 0.264. The van der Waals surface area contributed by atoms with Gasteiger partial charge in [0.2, 0.25) is 10.0 Å². The highest BCUT2D eigenvalue weighted by atomic mass is 32.2. The molecule has 0 aliphatic heterocycles. The molecule has 0 saturated carbocycles. The van der Waals surface area contributed by atoms with Gasteiger partial charge in [-0.2, -0.15) is 0 Å². The van der Waals surface area contributed by atoms with Crippen molar-refractivity contribution < 1.29 is 13.5 Å². The van der Waals surface area contributed by atoms with Gasteiger partial charge in [0.1, 0.15) is 11.5 Å². The first-order valence-corrected chi connectivity index (χ1v) is 7.72. The zero-order valence-electron chi connectivity index (χ0n) is 12.1. The summed E-state index contributed by atoms with van der Waals surface area (Å²) >= 11 is 0. The molecule has 0 amide bonds. The molecule has 0 aliphatic carbocycles. The molecule has 0 spiro atoms. The van der Waals surface area contributed by atoms with E-state index in [9.17, 15) is 8.42 Å². The number of pyridine rings is 1. The topological polar surface area (TPSA) is 79.3 Å². The van der Waals surface area contributed by atoms with Crippen LogP contribution in [0, 0.1) is 17.3 Å². The maximum absolute atomic E-state index is 12.3. The molecular weight excluding hydrogens is 276 g/mol. The van der Waals surface area contributed by atoms with Crippen LogP contribution in [0.3, 0.4) is 0 Å². The summed E-state index contributed by atoms with van der Waals surface area (Å²) in [6.45, 7) is 7.42. The Morgan fingerprint density at radius 3 is 2.60 bits per heavy atom. The van der Waals surface area contributed by atoms with Crippen molar-refractivity contribution >= 4 is 10.0 Å². The fourth-order valence-corrected chi connectivity index (χ4v) is 2.69. The first-order chi connectivity index (χ1) is 9.16. The Morgan fingerprint density at radius 2 is 2.05 bits per heavy atom. The van der Waals surface area contributed by atoms with Crippen molar-refractivity contribution in [2.24, 2.45) is 5.41 Å². The van der Waals surface area contributed by atoms with Crippen LogP contribution < -0.4 is 4.72 Å². The molecule has 1 aromatic rings. The van der Waals surface area contributed by atoms with Crippen molar-refractivity contribution in [1.29, 1.82) is 0 Å². The maximum atomic E-state index is 12.3. The number of rotatable bonds is 3. The highest BCUT2D eigenvalue weighted by molar-refractivity contribution is 7.89. The predicted octanol–water partition coefficient (Wildman–Crippen LogP) is 1.14. The van der Waals surface area contributed by atoms with E-state index < -0.39 is 10.0 Å². The second-order valence-electron chi connectivity index (χ2n) is 5.58. The van der Waals surface area contributed by atoms with Crippen LogP contribution in [-0.2, 0) is 10.0 Å². The van der Waals surface area contributed by atoms with E-state index in [4.69, 9.17) is 5.11 Å². The number of aromatic nitrogens is 1. The van der Waals surface area contributed by atoms with Gasteiger partial charge >= 0.3 is 0 Å². The lowest BCUT2D eigenvalue weighted by atomic mass is 9.89. The average molecular weight is 296 g/mol. The molecule has 1 aromatic heterocycles. The van der Waals surface area contributed by atoms with E-state index >= 15 is 0 Å². The summed E-state index contributed by atoms with van der Waals surface area (Å²) < 4.78 is 27.2. The molecule has 1 unspecified atom stereocenters. The number of sulfonamides is 1. The number of hydrogen-bond donors (Lipinski definition) is 2. The Hall–Kier alpha value is -1.42. The Bertz CT molecular complexity index is 622. The van der Waals surface area contributed by atoms with E-state index in [-0.39, 0.29) is 23.0 Å². The van der Waals surface area contributed by atoms with Crippen LogP contribution >= 0.6 is 0 Å². The first-order valence-electron chi connectivity index (χ1n) is 6.24. The molecule has 0 saturated heterocycles. The molecule has 0 fully saturated rings. The largest absolute Gasteiger partial charge is 0.384 e. The summed E-state index contributed by atoms with van der Waals surface area (Å²) in [4.78, 5) is 3.94. The molecule has 6 heteroatoms. The van der Waals surface area contributed by atoms with Crippen molar-refractivity contribution in [3.8, 4) is 11.8 Å². The molecule has 20 heavy (non-hydrogen) atoms. The van der Waals surface area contributed by atoms with E-state index in [1.54, 1.807) is 0 Å². The lowest BCUT2D eigenvalue weighted by Gasteiger charge is -2.27. The smallest absolute Gasteiger partial charge is 0.242 e. The highest BCUT2D eigenvalue weighted by Gasteiger charge is 2.26. The molecule has 0 radical (unpaired) electrons. The molecule has 1 heterocycles. The second-order valence-corrected chi connectivity index (χ2v) is 7.29. The Kier molecular flexibility index (Phi) is 5.28. The fourth-order valence-electron chi connectivity index (χ4n) is 1.25. The van der Waals surface area contributed by atoms with Gasteiger partial charge in [-0.3, -0.25) is 4.98 Å². The molecule has 2 N–H and O–H groups in total. The molecular formula is C14H20N2O3S. The SMILES string of the molecule is CC(NS(=O)(=O)c1cncc(C#CCO)c1)C(C)(C)C. The van der Waals surface area contributed by atoms with Crippen LogP contribution in [0.25, 0.3) is 0 Å². The van der Waals surface area contributed by atoms with Gasteiger partial charge < -0.3 is 5.11 Å². The van der Waals surface area contributed by atoms with E-state index in [2.05, 4.69) is 21.5 Å². The van der Waals surface area contributed by atoms with Crippen molar-refractivity contribution in [1.82, 2.24) is 9.71 Å². The number of aliphatic hydroxyl groups excluding tert-OH is 1. The van der Waals surface area contributed by atoms with Crippen molar-refractivity contribution in [3.05, 3.63) is 24.0 Å². The third-order valence-electron chi connectivity index (χ3n) is 2.97. The predicted molar refractivity (Wildman–Crippen MR) is 77.4 cm³/mol. The van der Waals surface area contributed by atoms with E-state index in [1.807, 2.05) is 27.7 Å². The quantitative estimate of drug-likeness (QED) is 0.820. The van der Waals surface area contributed by atoms with Crippen LogP contribution in [0.1, 0.15) is 33.3 Å². The summed E-state index contributed by atoms with van der Waals surface area (Å²) in [6.07, 6.45) is 2.73. The monoisotopic (exact) mass is 296 g/mol. The normalized spacial score (nSPS) is 13.4. The molecule has 1 atom stereocenters. The summed E-state index contributed by atoms with van der Waals surface area (Å²) in [5.74, 6) is 5.09. The van der Waals surface area contributed by atoms with Gasteiger partial charge in [-0.1, -0.05) is 32.6 Å². The minimum atomic E-state index is -3.63. The van der Waals surface area contributed by atoms with Crippen molar-refractivity contribution in [2.75, 3.05) is 6.61 Å². The van der Waals surface area contributed by atoms with Crippen LogP contribution in [-0.4, -0.2) is 31.2 Å². The molecule has 0 aliphatic rings. The number of nitrogens with zero attached hydrogens (tertiary/aromatic N) is 1. The maximum Gasteiger partial charge on any atom is 0.242 e. The van der Waals surface area contributed by atoms with Gasteiger partial charge in [0, 0.05) is 24.0 Å². The lowest BCUT2D eigenvalue weighted by Crippen LogP contribution is -2.41. The number of nitrogens with one attached hydrogen (secondary N) is 1. The van der Waals surface area contributed by atoms with Gasteiger partial charge in [-0.05, 0) is 18.4 Å². The molecule has 5 nitrogen and oxygen atoms in total. The highest BCUT2D eigenvalue weighted by Crippen LogP contribution is 2.21. The summed E-state index contributed by atoms with van der Waals surface area (Å²) in [7, 11) is -3.63. The number of aliphatic hydroxyl groups is 1. The van der Waals surface area contributed by atoms with Gasteiger partial charge in [-0.25, -0.2) is 13.1 Å². The molecule has 0 bridgehead atoms. The van der Waals surface area contributed by atoms with E-state index in [0.717, 1.165) is 0 Å². The van der Waals surface area contributed by atoms with E-state index in [0.29, 0.717) is 5.56 Å². The lowest BCUT2D eigenvalue weighted by molar-refractivity contribution is 0.317. The second kappa shape index (κ2) is 6.35. The van der Waals surface area contributed by atoms with Gasteiger partial charge in [0.05, 0.1) is 0 Å². The number of hydrogen-bond acceptors (Lipinski definition) is 4.